The first-order chi connectivity index (χ1) is 24.4. The lowest BCUT2D eigenvalue weighted by Crippen LogP contribution is -2.57. The number of hydrogen-bond donors (Lipinski definition) is 7. The van der Waals surface area contributed by atoms with Gasteiger partial charge < -0.3 is 55.5 Å². The molecule has 7 unspecified atom stereocenters. The third-order valence-electron chi connectivity index (χ3n) is 10.4. The lowest BCUT2D eigenvalue weighted by Gasteiger charge is -2.46. The summed E-state index contributed by atoms with van der Waals surface area (Å²) in [7, 11) is 2.93. The monoisotopic (exact) mass is 709 g/mol. The molecular weight excluding hydrogens is 658 g/mol. The molecule has 2 aromatic carbocycles. The van der Waals surface area contributed by atoms with E-state index in [-0.39, 0.29) is 61.2 Å². The van der Waals surface area contributed by atoms with Crippen LogP contribution in [0.15, 0.2) is 48.7 Å². The van der Waals surface area contributed by atoms with Gasteiger partial charge in [0.1, 0.15) is 12.4 Å². The Morgan fingerprint density at radius 1 is 1.06 bits per heavy atom. The molecule has 13 nitrogen and oxygen atoms in total. The number of carboxylic acids is 1. The minimum atomic E-state index is -0.924. The van der Waals surface area contributed by atoms with E-state index >= 15 is 0 Å². The number of nitrogens with two attached hydrogens (primary N) is 1. The van der Waals surface area contributed by atoms with Crippen LogP contribution in [0.25, 0.3) is 0 Å². The van der Waals surface area contributed by atoms with E-state index in [1.807, 2.05) is 19.1 Å². The first-order valence-electron chi connectivity index (χ1n) is 17.5. The predicted octanol–water partition coefficient (Wildman–Crippen LogP) is 4.14. The van der Waals surface area contributed by atoms with Gasteiger partial charge >= 0.3 is 5.97 Å². The summed E-state index contributed by atoms with van der Waals surface area (Å²) in [5.41, 5.74) is 7.66. The van der Waals surface area contributed by atoms with Crippen molar-refractivity contribution in [2.75, 3.05) is 33.2 Å². The third kappa shape index (κ3) is 9.14. The van der Waals surface area contributed by atoms with Crippen LogP contribution in [0.2, 0.25) is 0 Å². The van der Waals surface area contributed by atoms with Crippen molar-refractivity contribution in [3.8, 4) is 28.7 Å². The maximum atomic E-state index is 12.3. The number of phenolic OH excluding ortho intramolecular Hbond substituents is 2. The number of nitrogen functional groups attached to an aromatic ring is 1. The van der Waals surface area contributed by atoms with Gasteiger partial charge in [0.05, 0.1) is 39.0 Å². The molecule has 13 heteroatoms. The summed E-state index contributed by atoms with van der Waals surface area (Å²) >= 11 is 0. The van der Waals surface area contributed by atoms with Crippen molar-refractivity contribution in [1.29, 1.82) is 0 Å². The Morgan fingerprint density at radius 2 is 1.82 bits per heavy atom. The number of aliphatic hydroxyl groups is 2. The molecule has 2 aliphatic rings. The lowest BCUT2D eigenvalue weighted by atomic mass is 9.67. The molecule has 7 atom stereocenters. The molecule has 5 rings (SSSR count). The molecule has 51 heavy (non-hydrogen) atoms. The van der Waals surface area contributed by atoms with Gasteiger partial charge in [-0.05, 0) is 105 Å². The molecule has 0 amide bonds. The van der Waals surface area contributed by atoms with Crippen molar-refractivity contribution in [3.63, 3.8) is 0 Å². The molecule has 3 heterocycles. The van der Waals surface area contributed by atoms with Crippen molar-refractivity contribution < 1.29 is 49.3 Å². The summed E-state index contributed by atoms with van der Waals surface area (Å²) < 4.78 is 23.8. The highest BCUT2D eigenvalue weighted by atomic mass is 16.5. The summed E-state index contributed by atoms with van der Waals surface area (Å²) in [5, 5.41) is 56.1. The number of aliphatic hydroxyl groups excluding tert-OH is 2. The first kappa shape index (κ1) is 37.9. The molecule has 3 aromatic rings. The maximum Gasteiger partial charge on any atom is 0.303 e. The number of aromatic nitrogens is 1. The average Bonchev–Trinajstić information content (AvgIpc) is 3.09. The van der Waals surface area contributed by atoms with E-state index in [0.29, 0.717) is 49.2 Å². The minimum absolute atomic E-state index is 0.0469. The molecule has 2 saturated heterocycles. The molecule has 278 valence electrons. The van der Waals surface area contributed by atoms with Crippen LogP contribution in [0.1, 0.15) is 68.2 Å². The highest BCUT2D eigenvalue weighted by Crippen LogP contribution is 2.46. The number of methoxy groups -OCH3 is 2. The highest BCUT2D eigenvalue weighted by molar-refractivity contribution is 5.68. The number of aliphatic carboxylic acids is 1. The van der Waals surface area contributed by atoms with E-state index in [1.165, 1.54) is 14.2 Å². The number of nitrogens with one attached hydrogen (secondary N) is 1. The Hall–Kier alpha value is -4.30. The average molecular weight is 710 g/mol. The number of benzene rings is 2. The number of piperidine rings is 1. The quantitative estimate of drug-likeness (QED) is 0.119. The number of carbonyl (C=O) groups is 1. The second-order valence-corrected chi connectivity index (χ2v) is 13.9. The number of hydrogen-bond acceptors (Lipinski definition) is 12. The van der Waals surface area contributed by atoms with Crippen molar-refractivity contribution in [2.45, 2.75) is 88.7 Å². The number of anilines is 1. The van der Waals surface area contributed by atoms with E-state index in [4.69, 9.17) is 24.7 Å². The molecule has 1 aromatic heterocycles. The van der Waals surface area contributed by atoms with Crippen LogP contribution in [0.3, 0.4) is 0 Å². The van der Waals surface area contributed by atoms with Gasteiger partial charge in [-0.25, -0.2) is 4.98 Å². The predicted molar refractivity (Wildman–Crippen MR) is 189 cm³/mol. The number of ether oxygens (including phenoxy) is 4. The van der Waals surface area contributed by atoms with E-state index in [0.717, 1.165) is 17.5 Å². The number of aryl methyl sites for hydroxylation is 1. The zero-order chi connectivity index (χ0) is 36.7. The van der Waals surface area contributed by atoms with Gasteiger partial charge in [-0.15, -0.1) is 0 Å². The Morgan fingerprint density at radius 3 is 2.53 bits per heavy atom. The Bertz CT molecular complexity index is 1640. The van der Waals surface area contributed by atoms with Gasteiger partial charge in [0.25, 0.3) is 0 Å². The van der Waals surface area contributed by atoms with Crippen LogP contribution < -0.4 is 25.3 Å². The zero-order valence-electron chi connectivity index (χ0n) is 29.5. The van der Waals surface area contributed by atoms with Crippen LogP contribution in [0.5, 0.6) is 28.7 Å². The van der Waals surface area contributed by atoms with Gasteiger partial charge in [-0.3, -0.25) is 4.79 Å². The van der Waals surface area contributed by atoms with E-state index in [1.54, 1.807) is 36.5 Å². The number of pyridine rings is 1. The SMILES string of the molecule is COc1cc(CCC2CC(O)C(CCO)C(c3cc(OC)c(O)c(OCC4NC(C)CCC4(CC(=O)O)Cc4ccnc(N)c4)c3)O2)ccc1O. The first-order valence-corrected chi connectivity index (χ1v) is 17.5. The fraction of sp³-hybridized carbons (Fsp3) is 0.526. The van der Waals surface area contributed by atoms with Crippen molar-refractivity contribution in [2.24, 2.45) is 11.3 Å². The normalized spacial score (nSPS) is 26.4. The summed E-state index contributed by atoms with van der Waals surface area (Å²) in [6, 6.07) is 11.8. The maximum absolute atomic E-state index is 12.3. The molecule has 0 spiro atoms. The van der Waals surface area contributed by atoms with Crippen molar-refractivity contribution in [1.82, 2.24) is 10.3 Å². The number of rotatable bonds is 15. The Kier molecular flexibility index (Phi) is 12.5. The van der Waals surface area contributed by atoms with Gasteiger partial charge in [0, 0.05) is 36.2 Å². The molecule has 2 aliphatic heterocycles. The molecule has 0 bridgehead atoms. The largest absolute Gasteiger partial charge is 0.504 e. The fourth-order valence-electron chi connectivity index (χ4n) is 7.73. The Balaban J connectivity index is 1.41. The van der Waals surface area contributed by atoms with E-state index in [9.17, 15) is 30.3 Å². The number of carboxylic acid groups (broad SMARTS) is 1. The standard InChI is InChI=1S/C38H51N3O10/c1-22-8-11-38(20-35(45)46,19-24-9-12-40-34(39)15-24)33(41-22)21-50-32-17-25(16-31(49-3)36(32)47)37-27(10-13-42)29(44)18-26(51-37)6-4-23-5-7-28(43)30(14-23)48-2/h5,7,9,12,14-17,22,26-27,29,33,37,41-44,47H,4,6,8,10-11,13,18-21H2,1-3H3,(H2,39,40)(H,45,46). The van der Waals surface area contributed by atoms with Crippen molar-refractivity contribution >= 4 is 11.8 Å². The van der Waals surface area contributed by atoms with Gasteiger partial charge in [0.15, 0.2) is 23.0 Å². The zero-order valence-corrected chi connectivity index (χ0v) is 29.5. The lowest BCUT2D eigenvalue weighted by molar-refractivity contribution is -0.144. The Labute approximate surface area is 298 Å². The minimum Gasteiger partial charge on any atom is -0.504 e. The van der Waals surface area contributed by atoms with Crippen LogP contribution in [0, 0.1) is 11.3 Å². The van der Waals surface area contributed by atoms with Crippen LogP contribution in [-0.2, 0) is 22.4 Å². The third-order valence-corrected chi connectivity index (χ3v) is 10.4. The van der Waals surface area contributed by atoms with Gasteiger partial charge in [0.2, 0.25) is 5.75 Å². The fourth-order valence-corrected chi connectivity index (χ4v) is 7.73. The molecule has 0 radical (unpaired) electrons. The summed E-state index contributed by atoms with van der Waals surface area (Å²) in [5.74, 6) is -0.528. The summed E-state index contributed by atoms with van der Waals surface area (Å²) in [6.07, 6.45) is 3.42. The van der Waals surface area contributed by atoms with Crippen LogP contribution in [0.4, 0.5) is 5.82 Å². The molecule has 0 aliphatic carbocycles. The molecule has 8 N–H and O–H groups in total. The van der Waals surface area contributed by atoms with Crippen LogP contribution >= 0.6 is 0 Å². The molecule has 2 fully saturated rings. The molecule has 0 saturated carbocycles. The summed E-state index contributed by atoms with van der Waals surface area (Å²) in [4.78, 5) is 16.3. The number of aromatic hydroxyl groups is 2. The van der Waals surface area contributed by atoms with E-state index in [2.05, 4.69) is 10.3 Å². The highest BCUT2D eigenvalue weighted by Gasteiger charge is 2.45. The van der Waals surface area contributed by atoms with Crippen LogP contribution in [-0.4, -0.2) is 88.2 Å². The summed E-state index contributed by atoms with van der Waals surface area (Å²) in [6.45, 7) is 1.94. The second kappa shape index (κ2) is 16.8. The van der Waals surface area contributed by atoms with Gasteiger partial charge in [-0.1, -0.05) is 6.07 Å². The second-order valence-electron chi connectivity index (χ2n) is 13.9. The molecular formula is C38H51N3O10. The number of nitrogens with zero attached hydrogens (tertiary/aromatic N) is 1. The van der Waals surface area contributed by atoms with Crippen molar-refractivity contribution in [3.05, 3.63) is 65.4 Å². The van der Waals surface area contributed by atoms with E-state index < -0.39 is 35.6 Å². The smallest absolute Gasteiger partial charge is 0.303 e. The number of phenols is 2. The van der Waals surface area contributed by atoms with Gasteiger partial charge in [-0.2, -0.15) is 0 Å². The topological polar surface area (TPSA) is 206 Å².